The summed E-state index contributed by atoms with van der Waals surface area (Å²) in [6.45, 7) is 0. The van der Waals surface area contributed by atoms with E-state index in [0.29, 0.717) is 0 Å². The summed E-state index contributed by atoms with van der Waals surface area (Å²) in [5.74, 6) is 0.250. The SMILES string of the molecule is C1=CC2NC1C(c1ccccc1)c1ccc([n-]1)C(c1ccccc1)C1C=CC(N1)C(c1ccccc1)c1ccc([n-]1)C2c1ccccc1.[Cl-].[Cr+3]. The molecule has 0 fully saturated rings. The quantitative estimate of drug-likeness (QED) is 0.262. The summed E-state index contributed by atoms with van der Waals surface area (Å²) in [5.41, 5.74) is 9.42. The fraction of sp³-hybridized carbons (Fsp3) is 0.182. The maximum absolute atomic E-state index is 5.50. The number of halogens is 1. The molecular weight excluding hydrogens is 672 g/mol. The van der Waals surface area contributed by atoms with Crippen molar-refractivity contribution in [1.29, 1.82) is 0 Å². The topological polar surface area (TPSA) is 52.3 Å². The molecule has 4 nitrogen and oxygen atoms in total. The van der Waals surface area contributed by atoms with Gasteiger partial charge >= 0.3 is 17.4 Å². The Hall–Kier alpha value is -4.34. The van der Waals surface area contributed by atoms with Crippen LogP contribution in [-0.2, 0) is 17.4 Å². The predicted molar refractivity (Wildman–Crippen MR) is 192 cm³/mol. The molecule has 8 bridgehead atoms. The summed E-state index contributed by atoms with van der Waals surface area (Å²) in [5, 5.41) is 8.13. The third kappa shape index (κ3) is 6.37. The number of benzene rings is 4. The zero-order chi connectivity index (χ0) is 31.9. The molecule has 6 heteroatoms. The first kappa shape index (κ1) is 34.1. The molecule has 2 aromatic heterocycles. The van der Waals surface area contributed by atoms with E-state index in [-0.39, 0.29) is 77.6 Å². The number of hydrogen-bond acceptors (Lipinski definition) is 2. The van der Waals surface area contributed by atoms with Crippen molar-refractivity contribution < 1.29 is 29.8 Å². The monoisotopic (exact) mass is 709 g/mol. The van der Waals surface area contributed by atoms with E-state index in [4.69, 9.17) is 9.97 Å². The average Bonchev–Trinajstić information content (AvgIpc) is 3.98. The summed E-state index contributed by atoms with van der Waals surface area (Å²) in [6.07, 6.45) is 9.45. The molecular formula is C44H38ClCrN4. The van der Waals surface area contributed by atoms with Crippen molar-refractivity contribution in [3.05, 3.63) is 215 Å². The molecule has 3 aliphatic rings. The fourth-order valence-electron chi connectivity index (χ4n) is 8.35. The predicted octanol–water partition coefficient (Wildman–Crippen LogP) is 4.64. The molecule has 3 aliphatic heterocycles. The average molecular weight is 710 g/mol. The Morgan fingerprint density at radius 2 is 0.540 bits per heavy atom. The Balaban J connectivity index is 0.00000196. The number of nitrogens with zero attached hydrogens (tertiary/aromatic N) is 2. The second-order valence-electron chi connectivity index (χ2n) is 13.3. The molecule has 8 atom stereocenters. The molecule has 0 saturated heterocycles. The van der Waals surface area contributed by atoms with Crippen molar-refractivity contribution >= 4 is 0 Å². The molecule has 6 aromatic rings. The molecule has 0 saturated carbocycles. The van der Waals surface area contributed by atoms with Gasteiger partial charge in [-0.05, 0) is 22.3 Å². The molecule has 0 amide bonds. The molecule has 1 radical (unpaired) electrons. The fourth-order valence-corrected chi connectivity index (χ4v) is 8.35. The van der Waals surface area contributed by atoms with Crippen molar-refractivity contribution in [2.75, 3.05) is 0 Å². The van der Waals surface area contributed by atoms with Gasteiger partial charge in [-0.1, -0.05) is 170 Å². The van der Waals surface area contributed by atoms with Gasteiger partial charge in [0.25, 0.3) is 0 Å². The van der Waals surface area contributed by atoms with Gasteiger partial charge in [-0.25, -0.2) is 0 Å². The van der Waals surface area contributed by atoms with E-state index >= 15 is 0 Å². The first-order valence-corrected chi connectivity index (χ1v) is 17.2. The van der Waals surface area contributed by atoms with Crippen LogP contribution in [0.3, 0.4) is 0 Å². The Morgan fingerprint density at radius 1 is 0.320 bits per heavy atom. The van der Waals surface area contributed by atoms with Crippen LogP contribution in [0.2, 0.25) is 0 Å². The van der Waals surface area contributed by atoms with E-state index in [1.807, 2.05) is 0 Å². The van der Waals surface area contributed by atoms with Gasteiger partial charge in [0.15, 0.2) is 0 Å². The van der Waals surface area contributed by atoms with Gasteiger partial charge in [0.1, 0.15) is 0 Å². The first-order chi connectivity index (χ1) is 23.8. The molecule has 50 heavy (non-hydrogen) atoms. The van der Waals surface area contributed by atoms with Gasteiger partial charge in [-0.2, -0.15) is 22.8 Å². The van der Waals surface area contributed by atoms with Crippen molar-refractivity contribution in [3.8, 4) is 0 Å². The van der Waals surface area contributed by atoms with Gasteiger partial charge in [0.05, 0.1) is 0 Å². The van der Waals surface area contributed by atoms with Gasteiger partial charge < -0.3 is 33.0 Å². The standard InChI is InChI=1S/C44H38N4.ClH.Cr/c1-5-13-29(14-6-1)41-33-21-23-35(45-33)42(30-15-7-2-8-16-30)37-25-27-39(47-37)44(32-19-11-4-12-20-32)40-28-26-38(48-40)43(31-17-9-3-10-18-31)36-24-22-34(41)46-36;;/h1-28,33,35,38,40-45,48H;1H;/q-2;;+3/p-1. The smallest absolute Gasteiger partial charge is 1.00 e. The van der Waals surface area contributed by atoms with Crippen molar-refractivity contribution in [2.45, 2.75) is 47.8 Å². The molecule has 0 aliphatic carbocycles. The minimum atomic E-state index is 0. The van der Waals surface area contributed by atoms with Crippen molar-refractivity contribution in [2.24, 2.45) is 0 Å². The van der Waals surface area contributed by atoms with Gasteiger partial charge in [0.2, 0.25) is 0 Å². The molecule has 4 aromatic carbocycles. The molecule has 8 unspecified atom stereocenters. The van der Waals surface area contributed by atoms with Crippen LogP contribution in [0.25, 0.3) is 0 Å². The van der Waals surface area contributed by atoms with Crippen LogP contribution in [0.5, 0.6) is 0 Å². The Labute approximate surface area is 311 Å². The summed E-state index contributed by atoms with van der Waals surface area (Å²) in [4.78, 5) is 11.0. The first-order valence-electron chi connectivity index (χ1n) is 17.2. The van der Waals surface area contributed by atoms with Crippen LogP contribution in [0.4, 0.5) is 0 Å². The number of aromatic nitrogens is 2. The van der Waals surface area contributed by atoms with Gasteiger partial charge in [-0.3, -0.25) is 0 Å². The second-order valence-corrected chi connectivity index (χ2v) is 13.3. The zero-order valence-corrected chi connectivity index (χ0v) is 29.5. The third-order valence-corrected chi connectivity index (χ3v) is 10.5. The summed E-state index contributed by atoms with van der Waals surface area (Å²) in [7, 11) is 0. The van der Waals surface area contributed by atoms with Crippen LogP contribution in [0, 0.1) is 0 Å². The maximum Gasteiger partial charge on any atom is 3.00 e. The molecule has 9 rings (SSSR count). The largest absolute Gasteiger partial charge is 3.00 e. The van der Waals surface area contributed by atoms with E-state index in [1.54, 1.807) is 0 Å². The number of nitrogens with one attached hydrogen (secondary N) is 2. The van der Waals surface area contributed by atoms with Crippen LogP contribution in [0.1, 0.15) is 68.7 Å². The molecule has 0 spiro atoms. The summed E-state index contributed by atoms with van der Waals surface area (Å²) >= 11 is 0. The molecule has 5 heterocycles. The number of rotatable bonds is 4. The zero-order valence-electron chi connectivity index (χ0n) is 27.5. The van der Waals surface area contributed by atoms with Crippen LogP contribution in [0.15, 0.2) is 170 Å². The molecule has 247 valence electrons. The number of hydrogen-bond donors (Lipinski definition) is 2. The minimum absolute atomic E-state index is 0. The second kappa shape index (κ2) is 14.9. The molecule has 2 N–H and O–H groups in total. The van der Waals surface area contributed by atoms with Crippen molar-refractivity contribution in [3.63, 3.8) is 0 Å². The summed E-state index contributed by atoms with van der Waals surface area (Å²) in [6, 6.07) is 52.7. The third-order valence-electron chi connectivity index (χ3n) is 10.5. The van der Waals surface area contributed by atoms with Gasteiger partial charge in [-0.15, -0.1) is 0 Å². The van der Waals surface area contributed by atoms with E-state index in [2.05, 4.69) is 181 Å². The normalized spacial score (nSPS) is 26.6. The van der Waals surface area contributed by atoms with E-state index in [9.17, 15) is 0 Å². The summed E-state index contributed by atoms with van der Waals surface area (Å²) < 4.78 is 0. The maximum atomic E-state index is 5.50. The van der Waals surface area contributed by atoms with E-state index in [0.717, 1.165) is 22.8 Å². The van der Waals surface area contributed by atoms with Crippen LogP contribution < -0.4 is 33.0 Å². The van der Waals surface area contributed by atoms with E-state index in [1.165, 1.54) is 22.3 Å². The van der Waals surface area contributed by atoms with Gasteiger partial charge in [0, 0.05) is 47.8 Å². The Kier molecular flexibility index (Phi) is 10.2. The minimum Gasteiger partial charge on any atom is -1.00 e. The van der Waals surface area contributed by atoms with Crippen LogP contribution in [-0.4, -0.2) is 24.2 Å². The number of fused-ring (bicyclic) bond motifs is 8. The van der Waals surface area contributed by atoms with Crippen molar-refractivity contribution in [1.82, 2.24) is 20.6 Å². The van der Waals surface area contributed by atoms with Crippen LogP contribution >= 0.6 is 0 Å². The van der Waals surface area contributed by atoms with E-state index < -0.39 is 0 Å². The Morgan fingerprint density at radius 3 is 0.760 bits per heavy atom. The Bertz CT molecular complexity index is 1750.